The molecule has 1 unspecified atom stereocenters. The summed E-state index contributed by atoms with van der Waals surface area (Å²) in [7, 11) is 0. The van der Waals surface area contributed by atoms with Gasteiger partial charge in [0.25, 0.3) is 5.91 Å². The van der Waals surface area contributed by atoms with Crippen LogP contribution in [0.1, 0.15) is 48.7 Å². The number of amides is 1. The normalized spacial score (nSPS) is 14.7. The van der Waals surface area contributed by atoms with Gasteiger partial charge in [-0.1, -0.05) is 5.92 Å². The number of anilines is 1. The van der Waals surface area contributed by atoms with E-state index in [9.17, 15) is 13.6 Å². The molecule has 1 amide bonds. The minimum Gasteiger partial charge on any atom is -0.493 e. The van der Waals surface area contributed by atoms with Gasteiger partial charge in [-0.05, 0) is 57.6 Å². The van der Waals surface area contributed by atoms with E-state index in [1.807, 2.05) is 19.1 Å². The lowest BCUT2D eigenvalue weighted by molar-refractivity contribution is 0.0939. The molecule has 4 rings (SSSR count). The van der Waals surface area contributed by atoms with Crippen LogP contribution in [0.5, 0.6) is 5.75 Å². The average molecular weight is 509 g/mol. The van der Waals surface area contributed by atoms with Gasteiger partial charge in [0.1, 0.15) is 34.5 Å². The molecule has 1 atom stereocenters. The van der Waals surface area contributed by atoms with Gasteiger partial charge in [-0.15, -0.1) is 6.42 Å². The number of hydrogen-bond acceptors (Lipinski definition) is 6. The zero-order valence-corrected chi connectivity index (χ0v) is 21.0. The predicted molar refractivity (Wildman–Crippen MR) is 136 cm³/mol. The molecule has 1 aliphatic heterocycles. The third-order valence-corrected chi connectivity index (χ3v) is 6.43. The Hall–Kier alpha value is -3.93. The Morgan fingerprint density at radius 2 is 1.92 bits per heavy atom. The van der Waals surface area contributed by atoms with E-state index < -0.39 is 29.1 Å². The molecule has 37 heavy (non-hydrogen) atoms. The third kappa shape index (κ3) is 6.64. The van der Waals surface area contributed by atoms with Crippen molar-refractivity contribution in [3.05, 3.63) is 59.6 Å². The van der Waals surface area contributed by atoms with Gasteiger partial charge in [-0.3, -0.25) is 4.79 Å². The highest BCUT2D eigenvalue weighted by atomic mass is 19.1. The standard InChI is InChI=1S/C28H30F2N4O3/c1-4-18(2)33-27(35)26-23(29)14-22(15-24(26)30)36-13-5-6-20-9-11-34(12-10-20)28-31-16-21(17-32-28)25-8-7-19(3)37-25/h1,7-8,14-18,20H,5-6,9-13H2,2-3H3,(H,33,35). The number of nitrogens with zero attached hydrogens (tertiary/aromatic N) is 3. The lowest BCUT2D eigenvalue weighted by Gasteiger charge is -2.32. The minimum absolute atomic E-state index is 0.0525. The molecule has 0 spiro atoms. The van der Waals surface area contributed by atoms with Crippen molar-refractivity contribution in [1.82, 2.24) is 15.3 Å². The van der Waals surface area contributed by atoms with Gasteiger partial charge in [-0.25, -0.2) is 18.7 Å². The lowest BCUT2D eigenvalue weighted by Crippen LogP contribution is -2.34. The summed E-state index contributed by atoms with van der Waals surface area (Å²) in [5, 5.41) is 2.35. The molecule has 0 bridgehead atoms. The largest absolute Gasteiger partial charge is 0.493 e. The van der Waals surface area contributed by atoms with Crippen LogP contribution in [0.2, 0.25) is 0 Å². The van der Waals surface area contributed by atoms with E-state index >= 15 is 0 Å². The lowest BCUT2D eigenvalue weighted by atomic mass is 9.92. The molecule has 1 N–H and O–H groups in total. The van der Waals surface area contributed by atoms with Gasteiger partial charge in [0, 0.05) is 37.6 Å². The van der Waals surface area contributed by atoms with Gasteiger partial charge in [0.05, 0.1) is 18.2 Å². The molecule has 2 aromatic heterocycles. The number of nitrogens with one attached hydrogen (secondary N) is 1. The predicted octanol–water partition coefficient (Wildman–Crippen LogP) is 5.15. The van der Waals surface area contributed by atoms with Crippen LogP contribution in [0.4, 0.5) is 14.7 Å². The van der Waals surface area contributed by atoms with Crippen LogP contribution in [0.3, 0.4) is 0 Å². The Labute approximate surface area is 215 Å². The zero-order valence-electron chi connectivity index (χ0n) is 21.0. The van der Waals surface area contributed by atoms with Crippen molar-refractivity contribution in [1.29, 1.82) is 0 Å². The van der Waals surface area contributed by atoms with Crippen LogP contribution in [0.25, 0.3) is 11.3 Å². The molecule has 1 aromatic carbocycles. The molecule has 3 aromatic rings. The molecular weight excluding hydrogens is 478 g/mol. The number of piperidine rings is 1. The maximum atomic E-state index is 14.3. The number of aromatic nitrogens is 2. The van der Waals surface area contributed by atoms with Crippen molar-refractivity contribution < 1.29 is 22.7 Å². The summed E-state index contributed by atoms with van der Waals surface area (Å²) in [6.07, 6.45) is 12.5. The molecule has 0 saturated carbocycles. The third-order valence-electron chi connectivity index (χ3n) is 6.43. The highest BCUT2D eigenvalue weighted by molar-refractivity contribution is 5.95. The van der Waals surface area contributed by atoms with Crippen molar-refractivity contribution in [2.45, 2.75) is 45.6 Å². The second-order valence-corrected chi connectivity index (χ2v) is 9.23. The molecule has 1 aliphatic rings. The van der Waals surface area contributed by atoms with Gasteiger partial charge < -0.3 is 19.4 Å². The number of ether oxygens (including phenoxy) is 1. The fourth-order valence-corrected chi connectivity index (χ4v) is 4.35. The molecule has 9 heteroatoms. The maximum Gasteiger partial charge on any atom is 0.258 e. The molecular formula is C28H30F2N4O3. The van der Waals surface area contributed by atoms with Crippen molar-refractivity contribution in [2.75, 3.05) is 24.6 Å². The van der Waals surface area contributed by atoms with Gasteiger partial charge in [0.15, 0.2) is 0 Å². The molecule has 0 radical (unpaired) electrons. The molecule has 194 valence electrons. The molecule has 1 saturated heterocycles. The molecule has 7 nitrogen and oxygen atoms in total. The van der Waals surface area contributed by atoms with E-state index in [2.05, 4.69) is 26.1 Å². The summed E-state index contributed by atoms with van der Waals surface area (Å²) in [6, 6.07) is 5.23. The van der Waals surface area contributed by atoms with Crippen LogP contribution in [0, 0.1) is 36.8 Å². The SMILES string of the molecule is C#CC(C)NC(=O)c1c(F)cc(OCCCC2CCN(c3ncc(-c4ccc(C)o4)cn3)CC2)cc1F. The fourth-order valence-electron chi connectivity index (χ4n) is 4.35. The van der Waals surface area contributed by atoms with E-state index in [4.69, 9.17) is 15.6 Å². The van der Waals surface area contributed by atoms with E-state index in [0.717, 1.165) is 68.0 Å². The number of rotatable bonds is 9. The number of halogens is 2. The summed E-state index contributed by atoms with van der Waals surface area (Å²) in [6.45, 7) is 5.50. The minimum atomic E-state index is -0.987. The Kier molecular flexibility index (Phi) is 8.39. The first-order valence-corrected chi connectivity index (χ1v) is 12.4. The fraction of sp³-hybridized carbons (Fsp3) is 0.393. The van der Waals surface area contributed by atoms with E-state index in [1.165, 1.54) is 0 Å². The van der Waals surface area contributed by atoms with Gasteiger partial charge in [-0.2, -0.15) is 0 Å². The maximum absolute atomic E-state index is 14.3. The number of carbonyl (C=O) groups is 1. The van der Waals surface area contributed by atoms with Crippen molar-refractivity contribution in [2.24, 2.45) is 5.92 Å². The summed E-state index contributed by atoms with van der Waals surface area (Å²) in [5.41, 5.74) is 0.179. The molecule has 1 fully saturated rings. The molecule has 3 heterocycles. The van der Waals surface area contributed by atoms with Crippen LogP contribution in [-0.2, 0) is 0 Å². The Morgan fingerprint density at radius 3 is 2.51 bits per heavy atom. The van der Waals surface area contributed by atoms with Crippen LogP contribution in [-0.4, -0.2) is 41.6 Å². The summed E-state index contributed by atoms with van der Waals surface area (Å²) < 4.78 is 39.9. The monoisotopic (exact) mass is 508 g/mol. The number of carbonyl (C=O) groups excluding carboxylic acids is 1. The van der Waals surface area contributed by atoms with E-state index in [0.29, 0.717) is 18.5 Å². The first kappa shape index (κ1) is 26.1. The van der Waals surface area contributed by atoms with Crippen LogP contribution < -0.4 is 15.0 Å². The van der Waals surface area contributed by atoms with E-state index in [-0.39, 0.29) is 5.75 Å². The number of aryl methyl sites for hydroxylation is 1. The number of benzene rings is 1. The van der Waals surface area contributed by atoms with Crippen LogP contribution in [0.15, 0.2) is 41.1 Å². The van der Waals surface area contributed by atoms with Gasteiger partial charge in [0.2, 0.25) is 5.95 Å². The summed E-state index contributed by atoms with van der Waals surface area (Å²) in [5.74, 6) is 2.31. The first-order valence-electron chi connectivity index (χ1n) is 12.4. The zero-order chi connectivity index (χ0) is 26.4. The highest BCUT2D eigenvalue weighted by Gasteiger charge is 2.22. The second-order valence-electron chi connectivity index (χ2n) is 9.23. The number of terminal acetylenes is 1. The Bertz CT molecular complexity index is 1240. The smallest absolute Gasteiger partial charge is 0.258 e. The summed E-state index contributed by atoms with van der Waals surface area (Å²) in [4.78, 5) is 23.2. The number of furan rings is 1. The van der Waals surface area contributed by atoms with Crippen LogP contribution >= 0.6 is 0 Å². The topological polar surface area (TPSA) is 80.5 Å². The quantitative estimate of drug-likeness (QED) is 0.318. The first-order chi connectivity index (χ1) is 17.8. The second kappa shape index (κ2) is 11.9. The Balaban J connectivity index is 1.20. The van der Waals surface area contributed by atoms with Crippen molar-refractivity contribution in [3.63, 3.8) is 0 Å². The van der Waals surface area contributed by atoms with Crippen molar-refractivity contribution >= 4 is 11.9 Å². The highest BCUT2D eigenvalue weighted by Crippen LogP contribution is 2.27. The van der Waals surface area contributed by atoms with Crippen molar-refractivity contribution in [3.8, 4) is 29.4 Å². The summed E-state index contributed by atoms with van der Waals surface area (Å²) >= 11 is 0. The van der Waals surface area contributed by atoms with E-state index in [1.54, 1.807) is 19.3 Å². The average Bonchev–Trinajstić information content (AvgIpc) is 3.33. The number of hydrogen-bond donors (Lipinski definition) is 1. The van der Waals surface area contributed by atoms with Gasteiger partial charge >= 0.3 is 0 Å². The Morgan fingerprint density at radius 1 is 1.24 bits per heavy atom. The molecule has 0 aliphatic carbocycles.